The Morgan fingerprint density at radius 2 is 2.00 bits per heavy atom. The summed E-state index contributed by atoms with van der Waals surface area (Å²) < 4.78 is 38.9. The molecule has 0 atom stereocenters. The lowest BCUT2D eigenvalue weighted by molar-refractivity contribution is -0.384. The van der Waals surface area contributed by atoms with Crippen molar-refractivity contribution in [3.63, 3.8) is 0 Å². The van der Waals surface area contributed by atoms with Gasteiger partial charge < -0.3 is 15.5 Å². The zero-order valence-electron chi connectivity index (χ0n) is 10.9. The molecule has 6 nitrogen and oxygen atoms in total. The Hall–Kier alpha value is -2.03. The van der Waals surface area contributed by atoms with E-state index in [1.165, 1.54) is 6.92 Å². The molecule has 9 heteroatoms. The van der Waals surface area contributed by atoms with E-state index in [0.717, 1.165) is 0 Å². The van der Waals surface area contributed by atoms with Crippen molar-refractivity contribution in [3.05, 3.63) is 27.8 Å². The van der Waals surface area contributed by atoms with Gasteiger partial charge in [0.1, 0.15) is 11.4 Å². The normalized spacial score (nSPS) is 25.3. The van der Waals surface area contributed by atoms with Crippen LogP contribution in [0.25, 0.3) is 0 Å². The number of hydrogen-bond acceptors (Lipinski definition) is 5. The molecule has 1 aliphatic carbocycles. The van der Waals surface area contributed by atoms with Crippen molar-refractivity contribution in [2.75, 3.05) is 5.32 Å². The molecule has 2 rings (SSSR count). The van der Waals surface area contributed by atoms with Gasteiger partial charge in [0.15, 0.2) is 0 Å². The fourth-order valence-corrected chi connectivity index (χ4v) is 2.44. The standard InChI is InChI=1S/C12H13F3N2O4/c1-11(19)4-6(5-11)16-10-8(12(13,14)15)2-7(18)3-9(10)17(20)21/h2-3,6,16,18-19H,4-5H2,1H3. The van der Waals surface area contributed by atoms with Crippen molar-refractivity contribution in [3.8, 4) is 5.75 Å². The predicted octanol–water partition coefficient (Wildman–Crippen LogP) is 2.64. The summed E-state index contributed by atoms with van der Waals surface area (Å²) in [5, 5.41) is 32.2. The number of halogens is 3. The molecule has 3 N–H and O–H groups in total. The number of nitro benzene ring substituents is 1. The lowest BCUT2D eigenvalue weighted by Crippen LogP contribution is -2.48. The van der Waals surface area contributed by atoms with Crippen molar-refractivity contribution in [1.29, 1.82) is 0 Å². The maximum absolute atomic E-state index is 13.0. The van der Waals surface area contributed by atoms with Gasteiger partial charge in [0.2, 0.25) is 0 Å². The van der Waals surface area contributed by atoms with E-state index in [1.54, 1.807) is 0 Å². The van der Waals surface area contributed by atoms with E-state index in [1.807, 2.05) is 0 Å². The van der Waals surface area contributed by atoms with Gasteiger partial charge in [-0.1, -0.05) is 0 Å². The number of anilines is 1. The van der Waals surface area contributed by atoms with Crippen LogP contribution in [0.5, 0.6) is 5.75 Å². The van der Waals surface area contributed by atoms with E-state index in [2.05, 4.69) is 5.32 Å². The zero-order chi connectivity index (χ0) is 16.0. The molecule has 1 fully saturated rings. The maximum Gasteiger partial charge on any atom is 0.418 e. The topological polar surface area (TPSA) is 95.6 Å². The van der Waals surface area contributed by atoms with Gasteiger partial charge in [-0.05, 0) is 25.8 Å². The minimum atomic E-state index is -4.85. The summed E-state index contributed by atoms with van der Waals surface area (Å²) in [4.78, 5) is 9.91. The second kappa shape index (κ2) is 4.76. The minimum Gasteiger partial charge on any atom is -0.508 e. The van der Waals surface area contributed by atoms with Crippen molar-refractivity contribution < 1.29 is 28.3 Å². The predicted molar refractivity (Wildman–Crippen MR) is 67.0 cm³/mol. The largest absolute Gasteiger partial charge is 0.508 e. The molecule has 0 aliphatic heterocycles. The smallest absolute Gasteiger partial charge is 0.418 e. The highest BCUT2D eigenvalue weighted by atomic mass is 19.4. The molecule has 0 radical (unpaired) electrons. The van der Waals surface area contributed by atoms with Gasteiger partial charge in [-0.25, -0.2) is 0 Å². The van der Waals surface area contributed by atoms with Crippen molar-refractivity contribution >= 4 is 11.4 Å². The fourth-order valence-electron chi connectivity index (χ4n) is 2.44. The molecule has 1 aromatic carbocycles. The molecule has 0 saturated heterocycles. The summed E-state index contributed by atoms with van der Waals surface area (Å²) in [6.45, 7) is 1.53. The maximum atomic E-state index is 13.0. The van der Waals surface area contributed by atoms with Crippen LogP contribution in [0.15, 0.2) is 12.1 Å². The Balaban J connectivity index is 2.43. The molecule has 1 aliphatic rings. The summed E-state index contributed by atoms with van der Waals surface area (Å²) in [6, 6.07) is 0.602. The first kappa shape index (κ1) is 15.4. The van der Waals surface area contributed by atoms with Crippen LogP contribution in [-0.4, -0.2) is 26.8 Å². The quantitative estimate of drug-likeness (QED) is 0.453. The second-order valence-electron chi connectivity index (χ2n) is 5.39. The first-order valence-electron chi connectivity index (χ1n) is 6.07. The monoisotopic (exact) mass is 306 g/mol. The summed E-state index contributed by atoms with van der Waals surface area (Å²) in [6.07, 6.45) is -4.48. The number of aliphatic hydroxyl groups is 1. The molecular weight excluding hydrogens is 293 g/mol. The van der Waals surface area contributed by atoms with E-state index in [-0.39, 0.29) is 12.8 Å². The average Bonchev–Trinajstić information content (AvgIpc) is 2.26. The number of nitrogens with one attached hydrogen (secondary N) is 1. The van der Waals surface area contributed by atoms with Gasteiger partial charge in [0.05, 0.1) is 22.2 Å². The number of benzene rings is 1. The van der Waals surface area contributed by atoms with Crippen LogP contribution in [0.3, 0.4) is 0 Å². The van der Waals surface area contributed by atoms with Gasteiger partial charge in [0, 0.05) is 6.04 Å². The highest BCUT2D eigenvalue weighted by Gasteiger charge is 2.42. The van der Waals surface area contributed by atoms with E-state index in [9.17, 15) is 33.5 Å². The van der Waals surface area contributed by atoms with Crippen LogP contribution in [0.1, 0.15) is 25.3 Å². The highest BCUT2D eigenvalue weighted by molar-refractivity contribution is 5.70. The third kappa shape index (κ3) is 3.18. The first-order valence-corrected chi connectivity index (χ1v) is 6.07. The summed E-state index contributed by atoms with van der Waals surface area (Å²) >= 11 is 0. The van der Waals surface area contributed by atoms with Crippen molar-refractivity contribution in [1.82, 2.24) is 0 Å². The van der Waals surface area contributed by atoms with Gasteiger partial charge in [0.25, 0.3) is 5.69 Å². The van der Waals surface area contributed by atoms with Gasteiger partial charge >= 0.3 is 6.18 Å². The van der Waals surface area contributed by atoms with Crippen LogP contribution < -0.4 is 5.32 Å². The Labute approximate surface area is 117 Å². The zero-order valence-corrected chi connectivity index (χ0v) is 10.9. The molecule has 0 amide bonds. The molecule has 21 heavy (non-hydrogen) atoms. The highest BCUT2D eigenvalue weighted by Crippen LogP contribution is 2.44. The van der Waals surface area contributed by atoms with Crippen molar-refractivity contribution in [2.24, 2.45) is 0 Å². The molecule has 0 unspecified atom stereocenters. The average molecular weight is 306 g/mol. The molecule has 0 heterocycles. The molecule has 0 spiro atoms. The van der Waals surface area contributed by atoms with Crippen LogP contribution in [0, 0.1) is 10.1 Å². The lowest BCUT2D eigenvalue weighted by atomic mass is 9.77. The second-order valence-corrected chi connectivity index (χ2v) is 5.39. The third-order valence-corrected chi connectivity index (χ3v) is 3.33. The SMILES string of the molecule is CC1(O)CC(Nc2c([N+](=O)[O-])cc(O)cc2C(F)(F)F)C1. The number of nitrogens with zero attached hydrogens (tertiary/aromatic N) is 1. The van der Waals surface area contributed by atoms with Gasteiger partial charge in [-0.3, -0.25) is 10.1 Å². The Morgan fingerprint density at radius 1 is 1.43 bits per heavy atom. The minimum absolute atomic E-state index is 0.183. The first-order chi connectivity index (χ1) is 9.49. The number of phenolic OH excluding ortho intramolecular Hbond substituents is 1. The Bertz CT molecular complexity index is 579. The Morgan fingerprint density at radius 3 is 2.43 bits per heavy atom. The summed E-state index contributed by atoms with van der Waals surface area (Å²) in [5.74, 6) is -0.833. The van der Waals surface area contributed by atoms with Crippen LogP contribution in [0.4, 0.5) is 24.5 Å². The van der Waals surface area contributed by atoms with E-state index in [4.69, 9.17) is 0 Å². The van der Waals surface area contributed by atoms with Crippen LogP contribution in [-0.2, 0) is 6.18 Å². The van der Waals surface area contributed by atoms with E-state index in [0.29, 0.717) is 12.1 Å². The number of nitro groups is 1. The van der Waals surface area contributed by atoms with E-state index < -0.39 is 45.4 Å². The number of phenols is 1. The van der Waals surface area contributed by atoms with Crippen molar-refractivity contribution in [2.45, 2.75) is 37.6 Å². The molecule has 0 aromatic heterocycles. The van der Waals surface area contributed by atoms with Gasteiger partial charge in [-0.15, -0.1) is 0 Å². The molecule has 1 aromatic rings. The summed E-state index contributed by atoms with van der Waals surface area (Å²) in [5.41, 5.74) is -3.83. The molecular formula is C12H13F3N2O4. The number of rotatable bonds is 3. The Kier molecular flexibility index (Phi) is 3.48. The van der Waals surface area contributed by atoms with E-state index >= 15 is 0 Å². The van der Waals surface area contributed by atoms with Crippen LogP contribution in [0.2, 0.25) is 0 Å². The van der Waals surface area contributed by atoms with Crippen LogP contribution >= 0.6 is 0 Å². The molecule has 0 bridgehead atoms. The number of aromatic hydroxyl groups is 1. The molecule has 116 valence electrons. The third-order valence-electron chi connectivity index (χ3n) is 3.33. The number of hydrogen-bond donors (Lipinski definition) is 3. The number of alkyl halides is 3. The fraction of sp³-hybridized carbons (Fsp3) is 0.500. The lowest BCUT2D eigenvalue weighted by Gasteiger charge is -2.41. The van der Waals surface area contributed by atoms with Gasteiger partial charge in [-0.2, -0.15) is 13.2 Å². The summed E-state index contributed by atoms with van der Waals surface area (Å²) in [7, 11) is 0. The molecule has 1 saturated carbocycles.